The fourth-order valence-corrected chi connectivity index (χ4v) is 2.17. The molecule has 0 heterocycles. The number of phenolic OH excluding ortho intramolecular Hbond substituents is 1. The monoisotopic (exact) mass is 285 g/mol. The summed E-state index contributed by atoms with van der Waals surface area (Å²) in [4.78, 5) is 12.2. The summed E-state index contributed by atoms with van der Waals surface area (Å²) in [7, 11) is 0. The highest BCUT2D eigenvalue weighted by Gasteiger charge is 2.14. The van der Waals surface area contributed by atoms with E-state index in [1.807, 2.05) is 25.1 Å². The maximum atomic E-state index is 12.2. The third-order valence-corrected chi connectivity index (χ3v) is 3.36. The first kappa shape index (κ1) is 15.1. The van der Waals surface area contributed by atoms with Crippen molar-refractivity contribution in [1.82, 2.24) is 5.32 Å². The number of nitrogens with one attached hydrogen (secondary N) is 1. The lowest BCUT2D eigenvalue weighted by Crippen LogP contribution is -2.39. The zero-order chi connectivity index (χ0) is 15.2. The van der Waals surface area contributed by atoms with Crippen LogP contribution in [0.25, 0.3) is 0 Å². The number of carbonyl (C=O) groups excluding carboxylic acids is 1. The zero-order valence-electron chi connectivity index (χ0n) is 11.9. The number of aryl methyl sites for hydroxylation is 1. The Bertz CT molecular complexity index is 608. The van der Waals surface area contributed by atoms with Gasteiger partial charge >= 0.3 is 0 Å². The van der Waals surface area contributed by atoms with E-state index in [0.717, 1.165) is 11.1 Å². The number of rotatable bonds is 5. The van der Waals surface area contributed by atoms with Crippen molar-refractivity contribution < 1.29 is 15.0 Å². The van der Waals surface area contributed by atoms with Gasteiger partial charge in [-0.2, -0.15) is 0 Å². The summed E-state index contributed by atoms with van der Waals surface area (Å²) in [5.41, 5.74) is 2.45. The minimum atomic E-state index is -0.360. The van der Waals surface area contributed by atoms with Gasteiger partial charge in [-0.3, -0.25) is 4.79 Å². The highest BCUT2D eigenvalue weighted by molar-refractivity contribution is 5.95. The van der Waals surface area contributed by atoms with Crippen molar-refractivity contribution in [1.29, 1.82) is 0 Å². The molecule has 0 saturated heterocycles. The van der Waals surface area contributed by atoms with Crippen molar-refractivity contribution in [3.8, 4) is 5.75 Å². The van der Waals surface area contributed by atoms with Crippen molar-refractivity contribution in [2.75, 3.05) is 6.61 Å². The molecule has 0 unspecified atom stereocenters. The molecule has 2 aromatic rings. The van der Waals surface area contributed by atoms with Gasteiger partial charge in [0.05, 0.1) is 12.6 Å². The normalized spacial score (nSPS) is 11.9. The first-order valence-corrected chi connectivity index (χ1v) is 6.85. The van der Waals surface area contributed by atoms with E-state index in [4.69, 9.17) is 0 Å². The van der Waals surface area contributed by atoms with Crippen LogP contribution >= 0.6 is 0 Å². The Balaban J connectivity index is 2.04. The second-order valence-corrected chi connectivity index (χ2v) is 5.04. The number of aliphatic hydroxyl groups is 1. The number of phenols is 1. The molecule has 2 rings (SSSR count). The van der Waals surface area contributed by atoms with Gasteiger partial charge in [0.25, 0.3) is 5.91 Å². The highest BCUT2D eigenvalue weighted by atomic mass is 16.3. The molecule has 0 spiro atoms. The SMILES string of the molecule is Cc1ccccc1C(=O)N[C@H](CO)Cc1ccc(O)cc1. The smallest absolute Gasteiger partial charge is 0.251 e. The van der Waals surface area contributed by atoms with Gasteiger partial charge in [0.15, 0.2) is 0 Å². The van der Waals surface area contributed by atoms with Gasteiger partial charge in [-0.1, -0.05) is 30.3 Å². The second kappa shape index (κ2) is 6.90. The van der Waals surface area contributed by atoms with Gasteiger partial charge in [0.2, 0.25) is 0 Å². The van der Waals surface area contributed by atoms with Gasteiger partial charge in [0, 0.05) is 5.56 Å². The van der Waals surface area contributed by atoms with Crippen LogP contribution in [-0.4, -0.2) is 28.8 Å². The minimum Gasteiger partial charge on any atom is -0.508 e. The Labute approximate surface area is 124 Å². The number of aliphatic hydroxyl groups excluding tert-OH is 1. The van der Waals surface area contributed by atoms with E-state index >= 15 is 0 Å². The Hall–Kier alpha value is -2.33. The number of amides is 1. The number of carbonyl (C=O) groups is 1. The molecule has 0 aliphatic heterocycles. The van der Waals surface area contributed by atoms with Gasteiger partial charge in [0.1, 0.15) is 5.75 Å². The molecule has 21 heavy (non-hydrogen) atoms. The molecule has 1 amide bonds. The van der Waals surface area contributed by atoms with Crippen molar-refractivity contribution in [2.24, 2.45) is 0 Å². The number of aromatic hydroxyl groups is 1. The Morgan fingerprint density at radius 3 is 2.43 bits per heavy atom. The second-order valence-electron chi connectivity index (χ2n) is 5.04. The van der Waals surface area contributed by atoms with Gasteiger partial charge in [-0.05, 0) is 42.7 Å². The Morgan fingerprint density at radius 1 is 1.14 bits per heavy atom. The largest absolute Gasteiger partial charge is 0.508 e. The van der Waals surface area contributed by atoms with Crippen LogP contribution in [0.1, 0.15) is 21.5 Å². The van der Waals surface area contributed by atoms with Crippen LogP contribution < -0.4 is 5.32 Å². The summed E-state index contributed by atoms with van der Waals surface area (Å²) >= 11 is 0. The molecule has 4 nitrogen and oxygen atoms in total. The summed E-state index contributed by atoms with van der Waals surface area (Å²) in [5.74, 6) is 0.00849. The van der Waals surface area contributed by atoms with E-state index in [1.54, 1.807) is 30.3 Å². The maximum absolute atomic E-state index is 12.2. The molecule has 110 valence electrons. The minimum absolute atomic E-state index is 0.140. The molecule has 0 radical (unpaired) electrons. The van der Waals surface area contributed by atoms with Crippen LogP contribution in [0, 0.1) is 6.92 Å². The van der Waals surface area contributed by atoms with Crippen molar-refractivity contribution >= 4 is 5.91 Å². The lowest BCUT2D eigenvalue weighted by molar-refractivity contribution is 0.0916. The maximum Gasteiger partial charge on any atom is 0.251 e. The van der Waals surface area contributed by atoms with Crippen molar-refractivity contribution in [3.63, 3.8) is 0 Å². The van der Waals surface area contributed by atoms with Crippen LogP contribution in [0.15, 0.2) is 48.5 Å². The van der Waals surface area contributed by atoms with E-state index < -0.39 is 0 Å². The quantitative estimate of drug-likeness (QED) is 0.787. The van der Waals surface area contributed by atoms with E-state index in [9.17, 15) is 15.0 Å². The first-order chi connectivity index (χ1) is 10.1. The average molecular weight is 285 g/mol. The Morgan fingerprint density at radius 2 is 1.81 bits per heavy atom. The number of hydrogen-bond donors (Lipinski definition) is 3. The molecular weight excluding hydrogens is 266 g/mol. The zero-order valence-corrected chi connectivity index (χ0v) is 11.9. The molecule has 3 N–H and O–H groups in total. The predicted octanol–water partition coefficient (Wildman–Crippen LogP) is 2.03. The molecular formula is C17H19NO3. The van der Waals surface area contributed by atoms with Gasteiger partial charge < -0.3 is 15.5 Å². The lowest BCUT2D eigenvalue weighted by Gasteiger charge is -2.17. The van der Waals surface area contributed by atoms with Crippen molar-refractivity contribution in [2.45, 2.75) is 19.4 Å². The Kier molecular flexibility index (Phi) is 4.95. The predicted molar refractivity (Wildman–Crippen MR) is 81.3 cm³/mol. The third kappa shape index (κ3) is 4.07. The van der Waals surface area contributed by atoms with Crippen LogP contribution in [0.2, 0.25) is 0 Å². The molecule has 0 aromatic heterocycles. The van der Waals surface area contributed by atoms with Gasteiger partial charge in [-0.15, -0.1) is 0 Å². The van der Waals surface area contributed by atoms with E-state index in [0.29, 0.717) is 12.0 Å². The van der Waals surface area contributed by atoms with Crippen LogP contribution in [0.3, 0.4) is 0 Å². The summed E-state index contributed by atoms with van der Waals surface area (Å²) in [6, 6.07) is 13.7. The molecule has 0 saturated carbocycles. The fourth-order valence-electron chi connectivity index (χ4n) is 2.17. The molecule has 2 aromatic carbocycles. The molecule has 0 aliphatic rings. The fraction of sp³-hybridized carbons (Fsp3) is 0.235. The summed E-state index contributed by atoms with van der Waals surface area (Å²) in [6.45, 7) is 1.74. The third-order valence-electron chi connectivity index (χ3n) is 3.36. The van der Waals surface area contributed by atoms with E-state index in [-0.39, 0.29) is 24.3 Å². The highest BCUT2D eigenvalue weighted by Crippen LogP contribution is 2.12. The van der Waals surface area contributed by atoms with E-state index in [2.05, 4.69) is 5.32 Å². The number of benzene rings is 2. The number of hydrogen-bond acceptors (Lipinski definition) is 3. The summed E-state index contributed by atoms with van der Waals surface area (Å²) in [5, 5.41) is 21.5. The van der Waals surface area contributed by atoms with Crippen LogP contribution in [0.4, 0.5) is 0 Å². The van der Waals surface area contributed by atoms with Crippen molar-refractivity contribution in [3.05, 3.63) is 65.2 Å². The first-order valence-electron chi connectivity index (χ1n) is 6.85. The van der Waals surface area contributed by atoms with Gasteiger partial charge in [-0.25, -0.2) is 0 Å². The van der Waals surface area contributed by atoms with Crippen LogP contribution in [0.5, 0.6) is 5.75 Å². The molecule has 1 atom stereocenters. The summed E-state index contributed by atoms with van der Waals surface area (Å²) in [6.07, 6.45) is 0.508. The lowest BCUT2D eigenvalue weighted by atomic mass is 10.0. The average Bonchev–Trinajstić information content (AvgIpc) is 2.49. The van der Waals surface area contributed by atoms with Crippen LogP contribution in [-0.2, 0) is 6.42 Å². The van der Waals surface area contributed by atoms with E-state index in [1.165, 1.54) is 0 Å². The molecule has 0 aliphatic carbocycles. The summed E-state index contributed by atoms with van der Waals surface area (Å²) < 4.78 is 0. The standard InChI is InChI=1S/C17H19NO3/c1-12-4-2-3-5-16(12)17(21)18-14(11-19)10-13-6-8-15(20)9-7-13/h2-9,14,19-20H,10-11H2,1H3,(H,18,21)/t14-/m0/s1. The molecule has 0 fully saturated rings. The topological polar surface area (TPSA) is 69.6 Å². The molecule has 4 heteroatoms. The molecule has 0 bridgehead atoms.